The maximum atomic E-state index is 11.9. The van der Waals surface area contributed by atoms with Crippen molar-refractivity contribution in [3.8, 4) is 0 Å². The highest BCUT2D eigenvalue weighted by molar-refractivity contribution is 6.04. The topological polar surface area (TPSA) is 92.6 Å². The number of amides is 3. The first kappa shape index (κ1) is 13.0. The molecule has 2 rings (SSSR count). The number of imide groups is 1. The summed E-state index contributed by atoms with van der Waals surface area (Å²) in [7, 11) is 0. The van der Waals surface area contributed by atoms with Crippen molar-refractivity contribution in [2.75, 3.05) is 0 Å². The fourth-order valence-electron chi connectivity index (χ4n) is 2.00. The number of rotatable bonds is 4. The first-order valence-electron chi connectivity index (χ1n) is 5.88. The van der Waals surface area contributed by atoms with Crippen molar-refractivity contribution in [2.24, 2.45) is 0 Å². The fourth-order valence-corrected chi connectivity index (χ4v) is 2.00. The smallest absolute Gasteiger partial charge is 0.325 e. The summed E-state index contributed by atoms with van der Waals surface area (Å²) in [5.74, 6) is -0.342. The van der Waals surface area contributed by atoms with Gasteiger partial charge in [0.25, 0.3) is 11.6 Å². The Labute approximate surface area is 109 Å². The Kier molecular flexibility index (Phi) is 3.46. The number of nitrogens with one attached hydrogen (secondary N) is 1. The molecule has 1 aliphatic rings. The SMILES string of the molecule is CCC1NC(=O)N(Cc2ccccc2[N+](=O)[O-])C1=O. The van der Waals surface area contributed by atoms with E-state index in [1.54, 1.807) is 19.1 Å². The summed E-state index contributed by atoms with van der Waals surface area (Å²) in [5, 5.41) is 13.4. The Bertz CT molecular complexity index is 544. The van der Waals surface area contributed by atoms with E-state index in [9.17, 15) is 19.7 Å². The number of urea groups is 1. The number of nitrogens with zero attached hydrogens (tertiary/aromatic N) is 2. The van der Waals surface area contributed by atoms with Crippen LogP contribution in [-0.4, -0.2) is 27.8 Å². The van der Waals surface area contributed by atoms with Gasteiger partial charge in [-0.3, -0.25) is 19.8 Å². The lowest BCUT2D eigenvalue weighted by Gasteiger charge is -2.12. The molecule has 0 radical (unpaired) electrons. The third kappa shape index (κ3) is 2.40. The lowest BCUT2D eigenvalue weighted by molar-refractivity contribution is -0.385. The zero-order chi connectivity index (χ0) is 14.0. The van der Waals surface area contributed by atoms with Crippen LogP contribution in [0.15, 0.2) is 24.3 Å². The van der Waals surface area contributed by atoms with Gasteiger partial charge in [-0.05, 0) is 6.42 Å². The predicted molar refractivity (Wildman–Crippen MR) is 66.3 cm³/mol. The third-order valence-corrected chi connectivity index (χ3v) is 3.03. The van der Waals surface area contributed by atoms with Gasteiger partial charge in [0.15, 0.2) is 0 Å². The number of nitro groups is 1. The van der Waals surface area contributed by atoms with Crippen LogP contribution in [0.1, 0.15) is 18.9 Å². The van der Waals surface area contributed by atoms with E-state index < -0.39 is 17.0 Å². The standard InChI is InChI=1S/C12H13N3O4/c1-2-9-11(16)14(12(17)13-9)7-8-5-3-4-6-10(8)15(18)19/h3-6,9H,2,7H2,1H3,(H,13,17). The van der Waals surface area contributed by atoms with Crippen LogP contribution >= 0.6 is 0 Å². The summed E-state index contributed by atoms with van der Waals surface area (Å²) in [6, 6.07) is 5.04. The highest BCUT2D eigenvalue weighted by atomic mass is 16.6. The summed E-state index contributed by atoms with van der Waals surface area (Å²) >= 11 is 0. The molecule has 100 valence electrons. The number of para-hydroxylation sites is 1. The molecule has 1 atom stereocenters. The highest BCUT2D eigenvalue weighted by Crippen LogP contribution is 2.21. The lowest BCUT2D eigenvalue weighted by Crippen LogP contribution is -2.31. The van der Waals surface area contributed by atoms with Gasteiger partial charge in [-0.25, -0.2) is 4.79 Å². The summed E-state index contributed by atoms with van der Waals surface area (Å²) in [6.45, 7) is 1.70. The molecule has 3 amide bonds. The van der Waals surface area contributed by atoms with Crippen LogP contribution in [0.4, 0.5) is 10.5 Å². The van der Waals surface area contributed by atoms with Crippen molar-refractivity contribution in [1.29, 1.82) is 0 Å². The molecule has 0 aromatic heterocycles. The Hall–Kier alpha value is -2.44. The summed E-state index contributed by atoms with van der Waals surface area (Å²) < 4.78 is 0. The number of carbonyl (C=O) groups is 2. The highest BCUT2D eigenvalue weighted by Gasteiger charge is 2.37. The number of nitro benzene ring substituents is 1. The molecule has 1 saturated heterocycles. The Morgan fingerprint density at radius 2 is 2.05 bits per heavy atom. The van der Waals surface area contributed by atoms with Crippen LogP contribution in [0.5, 0.6) is 0 Å². The second-order valence-electron chi connectivity index (χ2n) is 4.22. The summed E-state index contributed by atoms with van der Waals surface area (Å²) in [6.07, 6.45) is 0.498. The van der Waals surface area contributed by atoms with Crippen molar-refractivity contribution in [1.82, 2.24) is 10.2 Å². The Morgan fingerprint density at radius 1 is 1.37 bits per heavy atom. The molecule has 1 fully saturated rings. The average Bonchev–Trinajstić information content (AvgIpc) is 2.66. The summed E-state index contributed by atoms with van der Waals surface area (Å²) in [4.78, 5) is 34.9. The molecular weight excluding hydrogens is 250 g/mol. The molecule has 7 nitrogen and oxygen atoms in total. The van der Waals surface area contributed by atoms with E-state index in [1.165, 1.54) is 12.1 Å². The van der Waals surface area contributed by atoms with E-state index in [2.05, 4.69) is 5.32 Å². The maximum absolute atomic E-state index is 11.9. The Morgan fingerprint density at radius 3 is 2.63 bits per heavy atom. The Balaban J connectivity index is 2.25. The monoisotopic (exact) mass is 263 g/mol. The predicted octanol–water partition coefficient (Wildman–Crippen LogP) is 1.43. The first-order chi connectivity index (χ1) is 9.04. The van der Waals surface area contributed by atoms with E-state index in [1.807, 2.05) is 0 Å². The van der Waals surface area contributed by atoms with Gasteiger partial charge in [-0.2, -0.15) is 0 Å². The van der Waals surface area contributed by atoms with Crippen molar-refractivity contribution in [3.63, 3.8) is 0 Å². The molecule has 1 heterocycles. The van der Waals surface area contributed by atoms with Crippen LogP contribution in [-0.2, 0) is 11.3 Å². The zero-order valence-corrected chi connectivity index (χ0v) is 10.3. The van der Waals surface area contributed by atoms with Gasteiger partial charge in [0.1, 0.15) is 6.04 Å². The van der Waals surface area contributed by atoms with E-state index in [0.717, 1.165) is 4.90 Å². The molecule has 1 aromatic rings. The van der Waals surface area contributed by atoms with E-state index in [-0.39, 0.29) is 18.1 Å². The molecule has 0 spiro atoms. The number of hydrogen-bond acceptors (Lipinski definition) is 4. The minimum absolute atomic E-state index is 0.0850. The van der Waals surface area contributed by atoms with E-state index in [4.69, 9.17) is 0 Å². The van der Waals surface area contributed by atoms with Crippen molar-refractivity contribution in [2.45, 2.75) is 25.9 Å². The van der Waals surface area contributed by atoms with Crippen LogP contribution in [0.3, 0.4) is 0 Å². The largest absolute Gasteiger partial charge is 0.326 e. The quantitative estimate of drug-likeness (QED) is 0.505. The van der Waals surface area contributed by atoms with Gasteiger partial charge >= 0.3 is 6.03 Å². The van der Waals surface area contributed by atoms with Gasteiger partial charge < -0.3 is 5.32 Å². The van der Waals surface area contributed by atoms with Crippen molar-refractivity contribution in [3.05, 3.63) is 39.9 Å². The molecule has 19 heavy (non-hydrogen) atoms. The molecule has 0 saturated carbocycles. The molecule has 7 heteroatoms. The van der Waals surface area contributed by atoms with Gasteiger partial charge in [0.2, 0.25) is 0 Å². The normalized spacial score (nSPS) is 18.6. The van der Waals surface area contributed by atoms with Gasteiger partial charge in [-0.1, -0.05) is 25.1 Å². The van der Waals surface area contributed by atoms with Crippen LogP contribution in [0, 0.1) is 10.1 Å². The fraction of sp³-hybridized carbons (Fsp3) is 0.333. The first-order valence-corrected chi connectivity index (χ1v) is 5.88. The second-order valence-corrected chi connectivity index (χ2v) is 4.22. The van der Waals surface area contributed by atoms with Gasteiger partial charge in [0.05, 0.1) is 11.5 Å². The maximum Gasteiger partial charge on any atom is 0.325 e. The molecule has 1 aliphatic heterocycles. The van der Waals surface area contributed by atoms with Crippen molar-refractivity contribution < 1.29 is 14.5 Å². The molecule has 1 N–H and O–H groups in total. The third-order valence-electron chi connectivity index (χ3n) is 3.03. The molecule has 1 unspecified atom stereocenters. The lowest BCUT2D eigenvalue weighted by atomic mass is 10.1. The minimum Gasteiger partial charge on any atom is -0.326 e. The molecule has 0 bridgehead atoms. The minimum atomic E-state index is -0.532. The molecular formula is C12H13N3O4. The molecule has 0 aliphatic carbocycles. The van der Waals surface area contributed by atoms with Crippen LogP contribution < -0.4 is 5.32 Å². The number of carbonyl (C=O) groups excluding carboxylic acids is 2. The van der Waals surface area contributed by atoms with Gasteiger partial charge in [-0.15, -0.1) is 0 Å². The molecule has 1 aromatic carbocycles. The van der Waals surface area contributed by atoms with Crippen molar-refractivity contribution >= 4 is 17.6 Å². The van der Waals surface area contributed by atoms with E-state index >= 15 is 0 Å². The average molecular weight is 263 g/mol. The second kappa shape index (κ2) is 5.05. The zero-order valence-electron chi connectivity index (χ0n) is 10.3. The van der Waals surface area contributed by atoms with Crippen LogP contribution in [0.2, 0.25) is 0 Å². The van der Waals surface area contributed by atoms with E-state index in [0.29, 0.717) is 12.0 Å². The van der Waals surface area contributed by atoms with Crippen LogP contribution in [0.25, 0.3) is 0 Å². The number of benzene rings is 1. The summed E-state index contributed by atoms with van der Waals surface area (Å²) in [5.41, 5.74) is 0.246. The number of hydrogen-bond donors (Lipinski definition) is 1. The van der Waals surface area contributed by atoms with Gasteiger partial charge in [0, 0.05) is 11.6 Å².